The number of thiophene rings is 1. The molecule has 0 radical (unpaired) electrons. The van der Waals surface area contributed by atoms with Crippen LogP contribution in [0.15, 0.2) is 17.6 Å². The lowest BCUT2D eigenvalue weighted by atomic mass is 10.4. The van der Waals surface area contributed by atoms with Gasteiger partial charge in [0.2, 0.25) is 5.95 Å². The predicted octanol–water partition coefficient (Wildman–Crippen LogP) is 1.48. The fourth-order valence-corrected chi connectivity index (χ4v) is 1.78. The Kier molecular flexibility index (Phi) is 2.60. The second kappa shape index (κ2) is 3.89. The Morgan fingerprint density at radius 2 is 2.50 bits per heavy atom. The molecule has 0 spiro atoms. The van der Waals surface area contributed by atoms with Gasteiger partial charge in [0.15, 0.2) is 0 Å². The lowest BCUT2D eigenvalue weighted by molar-refractivity contribution is 0.208. The summed E-state index contributed by atoms with van der Waals surface area (Å²) < 4.78 is 1.08. The summed E-state index contributed by atoms with van der Waals surface area (Å²) >= 11 is 1.62. The van der Waals surface area contributed by atoms with E-state index in [0.717, 1.165) is 10.2 Å². The summed E-state index contributed by atoms with van der Waals surface area (Å²) in [4.78, 5) is 8.41. The third-order valence-corrected chi connectivity index (χ3v) is 2.60. The largest absolute Gasteiger partial charge is 0.392 e. The van der Waals surface area contributed by atoms with E-state index in [2.05, 4.69) is 15.3 Å². The maximum Gasteiger partial charge on any atom is 0.223 e. The van der Waals surface area contributed by atoms with E-state index in [9.17, 15) is 0 Å². The molecule has 0 saturated carbocycles. The number of nitrogens with zero attached hydrogens (tertiary/aromatic N) is 2. The van der Waals surface area contributed by atoms with Gasteiger partial charge in [-0.3, -0.25) is 0 Å². The van der Waals surface area contributed by atoms with Crippen LogP contribution in [0.1, 0.15) is 6.92 Å². The average molecular weight is 209 g/mol. The van der Waals surface area contributed by atoms with E-state index in [1.165, 1.54) is 0 Å². The zero-order valence-electron chi connectivity index (χ0n) is 7.77. The minimum atomic E-state index is -0.392. The molecule has 74 valence electrons. The van der Waals surface area contributed by atoms with Crippen LogP contribution in [0.2, 0.25) is 0 Å². The van der Waals surface area contributed by atoms with Crippen molar-refractivity contribution < 1.29 is 5.11 Å². The van der Waals surface area contributed by atoms with E-state index < -0.39 is 6.10 Å². The van der Waals surface area contributed by atoms with Crippen LogP contribution in [0.5, 0.6) is 0 Å². The van der Waals surface area contributed by atoms with Gasteiger partial charge in [-0.15, -0.1) is 11.3 Å². The van der Waals surface area contributed by atoms with Crippen LogP contribution >= 0.6 is 11.3 Å². The molecule has 2 aromatic heterocycles. The monoisotopic (exact) mass is 209 g/mol. The van der Waals surface area contributed by atoms with Crippen LogP contribution in [0.3, 0.4) is 0 Å². The molecule has 0 saturated heterocycles. The average Bonchev–Trinajstić information content (AvgIpc) is 2.61. The number of fused-ring (bicyclic) bond motifs is 1. The quantitative estimate of drug-likeness (QED) is 0.804. The summed E-state index contributed by atoms with van der Waals surface area (Å²) in [6.07, 6.45) is 1.40. The molecule has 2 rings (SSSR count). The molecule has 2 heterocycles. The topological polar surface area (TPSA) is 58.0 Å². The molecule has 0 bridgehead atoms. The Hall–Kier alpha value is -1.20. The molecule has 1 atom stereocenters. The van der Waals surface area contributed by atoms with Crippen LogP contribution in [-0.2, 0) is 0 Å². The van der Waals surface area contributed by atoms with Crippen molar-refractivity contribution in [2.45, 2.75) is 13.0 Å². The van der Waals surface area contributed by atoms with Gasteiger partial charge in [-0.2, -0.15) is 0 Å². The Labute approximate surface area is 85.6 Å². The summed E-state index contributed by atoms with van der Waals surface area (Å²) in [6.45, 7) is 2.19. The molecule has 0 amide bonds. The van der Waals surface area contributed by atoms with E-state index >= 15 is 0 Å². The van der Waals surface area contributed by atoms with Gasteiger partial charge in [-0.05, 0) is 18.4 Å². The first-order valence-corrected chi connectivity index (χ1v) is 5.26. The van der Waals surface area contributed by atoms with Crippen molar-refractivity contribution in [1.82, 2.24) is 9.97 Å². The van der Waals surface area contributed by atoms with Crippen molar-refractivity contribution >= 4 is 27.5 Å². The zero-order chi connectivity index (χ0) is 9.97. The highest BCUT2D eigenvalue weighted by Gasteiger charge is 2.01. The molecule has 0 aliphatic heterocycles. The Bertz CT molecular complexity index is 427. The first-order valence-electron chi connectivity index (χ1n) is 4.38. The fourth-order valence-electron chi connectivity index (χ4n) is 1.09. The lowest BCUT2D eigenvalue weighted by Gasteiger charge is -2.05. The molecule has 14 heavy (non-hydrogen) atoms. The maximum absolute atomic E-state index is 9.07. The molecule has 4 nitrogen and oxygen atoms in total. The maximum atomic E-state index is 9.07. The van der Waals surface area contributed by atoms with Crippen molar-refractivity contribution in [3.05, 3.63) is 17.6 Å². The van der Waals surface area contributed by atoms with Crippen molar-refractivity contribution in [1.29, 1.82) is 0 Å². The molecule has 0 fully saturated rings. The first-order chi connectivity index (χ1) is 6.75. The predicted molar refractivity (Wildman–Crippen MR) is 57.6 cm³/mol. The molecule has 0 aromatic carbocycles. The normalized spacial score (nSPS) is 13.0. The molecule has 5 heteroatoms. The van der Waals surface area contributed by atoms with E-state index in [1.807, 2.05) is 11.4 Å². The van der Waals surface area contributed by atoms with Crippen molar-refractivity contribution in [3.63, 3.8) is 0 Å². The smallest absolute Gasteiger partial charge is 0.223 e. The molecular weight excluding hydrogens is 198 g/mol. The van der Waals surface area contributed by atoms with Gasteiger partial charge in [-0.25, -0.2) is 9.97 Å². The second-order valence-corrected chi connectivity index (χ2v) is 4.04. The van der Waals surface area contributed by atoms with Gasteiger partial charge in [0.05, 0.1) is 22.5 Å². The number of aromatic nitrogens is 2. The summed E-state index contributed by atoms with van der Waals surface area (Å²) in [5, 5.41) is 14.0. The van der Waals surface area contributed by atoms with Gasteiger partial charge in [0, 0.05) is 6.54 Å². The summed E-state index contributed by atoms with van der Waals surface area (Å²) in [5.74, 6) is 0.566. The van der Waals surface area contributed by atoms with Crippen LogP contribution in [0.4, 0.5) is 5.95 Å². The highest BCUT2D eigenvalue weighted by Crippen LogP contribution is 2.18. The summed E-state index contributed by atoms with van der Waals surface area (Å²) in [5.41, 5.74) is 0.943. The van der Waals surface area contributed by atoms with Crippen LogP contribution in [-0.4, -0.2) is 27.7 Å². The van der Waals surface area contributed by atoms with Crippen LogP contribution < -0.4 is 5.32 Å². The highest BCUT2D eigenvalue weighted by molar-refractivity contribution is 7.17. The van der Waals surface area contributed by atoms with Crippen LogP contribution in [0.25, 0.3) is 10.2 Å². The Morgan fingerprint density at radius 1 is 1.64 bits per heavy atom. The van der Waals surface area contributed by atoms with Crippen molar-refractivity contribution in [2.75, 3.05) is 11.9 Å². The van der Waals surface area contributed by atoms with E-state index in [1.54, 1.807) is 24.5 Å². The molecule has 0 unspecified atom stereocenters. The minimum absolute atomic E-state index is 0.392. The van der Waals surface area contributed by atoms with E-state index in [4.69, 9.17) is 5.11 Å². The molecule has 0 aliphatic carbocycles. The molecule has 2 aromatic rings. The van der Waals surface area contributed by atoms with E-state index in [-0.39, 0.29) is 0 Å². The standard InChI is InChI=1S/C9H11N3OS/c1-6(13)4-10-9-11-5-8-7(12-9)2-3-14-8/h2-3,5-6,13H,4H2,1H3,(H,10,11,12)/t6-/m0/s1. The van der Waals surface area contributed by atoms with Gasteiger partial charge in [-0.1, -0.05) is 0 Å². The van der Waals surface area contributed by atoms with Crippen molar-refractivity contribution in [3.8, 4) is 0 Å². The number of aliphatic hydroxyl groups excluding tert-OH is 1. The van der Waals surface area contributed by atoms with Gasteiger partial charge in [0.1, 0.15) is 0 Å². The second-order valence-electron chi connectivity index (χ2n) is 3.09. The number of aliphatic hydroxyl groups is 1. The zero-order valence-corrected chi connectivity index (χ0v) is 8.58. The third kappa shape index (κ3) is 2.00. The SMILES string of the molecule is C[C@H](O)CNc1ncc2sccc2n1. The third-order valence-electron chi connectivity index (χ3n) is 1.76. The first kappa shape index (κ1) is 9.36. The lowest BCUT2D eigenvalue weighted by Crippen LogP contribution is -2.16. The minimum Gasteiger partial charge on any atom is -0.392 e. The number of nitrogens with one attached hydrogen (secondary N) is 1. The van der Waals surface area contributed by atoms with E-state index in [0.29, 0.717) is 12.5 Å². The number of hydrogen-bond acceptors (Lipinski definition) is 5. The fraction of sp³-hybridized carbons (Fsp3) is 0.333. The van der Waals surface area contributed by atoms with Gasteiger partial charge < -0.3 is 10.4 Å². The summed E-state index contributed by atoms with van der Waals surface area (Å²) in [7, 11) is 0. The van der Waals surface area contributed by atoms with Crippen LogP contribution in [0, 0.1) is 0 Å². The summed E-state index contributed by atoms with van der Waals surface area (Å²) in [6, 6.07) is 1.95. The Balaban J connectivity index is 2.17. The number of rotatable bonds is 3. The molecule has 2 N–H and O–H groups in total. The van der Waals surface area contributed by atoms with Gasteiger partial charge in [0.25, 0.3) is 0 Å². The molecule has 0 aliphatic rings. The van der Waals surface area contributed by atoms with Gasteiger partial charge >= 0.3 is 0 Å². The highest BCUT2D eigenvalue weighted by atomic mass is 32.1. The number of anilines is 1. The van der Waals surface area contributed by atoms with Crippen molar-refractivity contribution in [2.24, 2.45) is 0 Å². The Morgan fingerprint density at radius 3 is 3.29 bits per heavy atom. The number of hydrogen-bond donors (Lipinski definition) is 2. The molecular formula is C9H11N3OS.